The molecule has 122 valence electrons. The van der Waals surface area contributed by atoms with Crippen LogP contribution in [0.5, 0.6) is 11.5 Å². The molecule has 2 rings (SSSR count). The molecular weight excluding hydrogens is 314 g/mol. The van der Waals surface area contributed by atoms with Crippen LogP contribution in [0.1, 0.15) is 29.8 Å². The first-order valence-electron chi connectivity index (χ1n) is 7.52. The van der Waals surface area contributed by atoms with Gasteiger partial charge >= 0.3 is 0 Å². The Morgan fingerprint density at radius 1 is 1.13 bits per heavy atom. The summed E-state index contributed by atoms with van der Waals surface area (Å²) in [5.41, 5.74) is 2.01. The molecule has 5 heteroatoms. The van der Waals surface area contributed by atoms with Crippen LogP contribution in [0.3, 0.4) is 0 Å². The summed E-state index contributed by atoms with van der Waals surface area (Å²) < 4.78 is 11.0. The van der Waals surface area contributed by atoms with Crippen LogP contribution < -0.4 is 14.8 Å². The van der Waals surface area contributed by atoms with Crippen LogP contribution in [-0.2, 0) is 0 Å². The van der Waals surface area contributed by atoms with Crippen molar-refractivity contribution < 1.29 is 14.3 Å². The number of rotatable bonds is 6. The van der Waals surface area contributed by atoms with E-state index in [4.69, 9.17) is 21.1 Å². The van der Waals surface area contributed by atoms with Gasteiger partial charge in [-0.15, -0.1) is 0 Å². The van der Waals surface area contributed by atoms with Crippen LogP contribution in [0.4, 0.5) is 5.69 Å². The Hall–Kier alpha value is -2.20. The van der Waals surface area contributed by atoms with Crippen molar-refractivity contribution in [3.8, 4) is 11.5 Å². The van der Waals surface area contributed by atoms with Gasteiger partial charge in [0.2, 0.25) is 0 Å². The van der Waals surface area contributed by atoms with E-state index in [9.17, 15) is 4.79 Å². The highest BCUT2D eigenvalue weighted by atomic mass is 35.5. The number of carbonyl (C=O) groups excluding carboxylic acids is 1. The first-order valence-corrected chi connectivity index (χ1v) is 7.90. The average Bonchev–Trinajstić information content (AvgIpc) is 2.53. The number of para-hydroxylation sites is 1. The molecule has 0 spiro atoms. The molecule has 0 saturated heterocycles. The smallest absolute Gasteiger partial charge is 0.255 e. The molecule has 2 aromatic carbocycles. The molecule has 0 atom stereocenters. The lowest BCUT2D eigenvalue weighted by molar-refractivity contribution is 0.102. The molecule has 0 heterocycles. The van der Waals surface area contributed by atoms with Gasteiger partial charge in [-0.1, -0.05) is 17.7 Å². The molecule has 0 unspecified atom stereocenters. The minimum absolute atomic E-state index is 0.223. The zero-order valence-electron chi connectivity index (χ0n) is 13.5. The first-order chi connectivity index (χ1) is 11.1. The summed E-state index contributed by atoms with van der Waals surface area (Å²) in [6.07, 6.45) is 0. The Labute approximate surface area is 141 Å². The lowest BCUT2D eigenvalue weighted by atomic mass is 10.1. The molecule has 0 aromatic heterocycles. The van der Waals surface area contributed by atoms with Crippen molar-refractivity contribution in [3.05, 3.63) is 52.5 Å². The third-order valence-corrected chi connectivity index (χ3v) is 3.54. The molecule has 0 aliphatic heterocycles. The first kappa shape index (κ1) is 17.2. The summed E-state index contributed by atoms with van der Waals surface area (Å²) >= 11 is 6.13. The highest BCUT2D eigenvalue weighted by Crippen LogP contribution is 2.33. The molecular formula is C18H20ClNO3. The Morgan fingerprint density at radius 2 is 1.87 bits per heavy atom. The fourth-order valence-corrected chi connectivity index (χ4v) is 2.43. The van der Waals surface area contributed by atoms with Crippen LogP contribution in [-0.4, -0.2) is 19.1 Å². The number of benzene rings is 2. The maximum absolute atomic E-state index is 12.5. The summed E-state index contributed by atoms with van der Waals surface area (Å²) in [6, 6.07) is 10.6. The van der Waals surface area contributed by atoms with E-state index in [-0.39, 0.29) is 5.91 Å². The zero-order valence-corrected chi connectivity index (χ0v) is 14.2. The molecule has 0 bridgehead atoms. The normalized spacial score (nSPS) is 10.3. The maximum Gasteiger partial charge on any atom is 0.255 e. The zero-order chi connectivity index (χ0) is 16.8. The quantitative estimate of drug-likeness (QED) is 0.833. The third kappa shape index (κ3) is 4.17. The van der Waals surface area contributed by atoms with Gasteiger partial charge in [0, 0.05) is 5.56 Å². The average molecular weight is 334 g/mol. The summed E-state index contributed by atoms with van der Waals surface area (Å²) in [4.78, 5) is 12.5. The maximum atomic E-state index is 12.5. The van der Waals surface area contributed by atoms with Gasteiger partial charge in [0.05, 0.1) is 23.9 Å². The number of hydrogen-bond donors (Lipinski definition) is 1. The Bertz CT molecular complexity index is 701. The fourth-order valence-electron chi connectivity index (χ4n) is 2.20. The second kappa shape index (κ2) is 7.88. The van der Waals surface area contributed by atoms with E-state index < -0.39 is 0 Å². The molecule has 0 radical (unpaired) electrons. The molecule has 0 aliphatic rings. The summed E-state index contributed by atoms with van der Waals surface area (Å²) in [5, 5.41) is 3.31. The van der Waals surface area contributed by atoms with Gasteiger partial charge in [-0.25, -0.2) is 0 Å². The van der Waals surface area contributed by atoms with E-state index in [1.54, 1.807) is 36.4 Å². The molecule has 1 amide bonds. The highest BCUT2D eigenvalue weighted by Gasteiger charge is 2.13. The second-order valence-corrected chi connectivity index (χ2v) is 5.32. The number of aryl methyl sites for hydroxylation is 1. The Morgan fingerprint density at radius 3 is 2.52 bits per heavy atom. The molecule has 0 fully saturated rings. The minimum atomic E-state index is -0.223. The van der Waals surface area contributed by atoms with E-state index >= 15 is 0 Å². The Balaban J connectivity index is 2.23. The third-order valence-electron chi connectivity index (χ3n) is 3.24. The highest BCUT2D eigenvalue weighted by molar-refractivity contribution is 6.32. The Kier molecular flexibility index (Phi) is 5.88. The summed E-state index contributed by atoms with van der Waals surface area (Å²) in [5.74, 6) is 1.04. The summed E-state index contributed by atoms with van der Waals surface area (Å²) in [7, 11) is 0. The van der Waals surface area contributed by atoms with E-state index in [1.807, 2.05) is 20.8 Å². The van der Waals surface area contributed by atoms with Crippen molar-refractivity contribution in [2.24, 2.45) is 0 Å². The van der Waals surface area contributed by atoms with Crippen LogP contribution in [0.15, 0.2) is 36.4 Å². The predicted octanol–water partition coefficient (Wildman–Crippen LogP) is 4.70. The van der Waals surface area contributed by atoms with Crippen LogP contribution in [0, 0.1) is 6.92 Å². The van der Waals surface area contributed by atoms with Crippen molar-refractivity contribution >= 4 is 23.2 Å². The van der Waals surface area contributed by atoms with Gasteiger partial charge in [0.15, 0.2) is 5.75 Å². The van der Waals surface area contributed by atoms with Gasteiger partial charge in [-0.05, 0) is 56.7 Å². The van der Waals surface area contributed by atoms with Crippen molar-refractivity contribution in [1.82, 2.24) is 0 Å². The van der Waals surface area contributed by atoms with Crippen molar-refractivity contribution in [2.75, 3.05) is 18.5 Å². The number of nitrogens with one attached hydrogen (secondary N) is 1. The number of ether oxygens (including phenoxy) is 2. The van der Waals surface area contributed by atoms with E-state index in [1.165, 1.54) is 0 Å². The van der Waals surface area contributed by atoms with Crippen LogP contribution in [0.25, 0.3) is 0 Å². The van der Waals surface area contributed by atoms with Crippen molar-refractivity contribution in [1.29, 1.82) is 0 Å². The lowest BCUT2D eigenvalue weighted by Gasteiger charge is -2.13. The van der Waals surface area contributed by atoms with Crippen molar-refractivity contribution in [3.63, 3.8) is 0 Å². The van der Waals surface area contributed by atoms with Crippen LogP contribution >= 0.6 is 11.6 Å². The van der Waals surface area contributed by atoms with E-state index in [0.717, 1.165) is 11.3 Å². The molecule has 23 heavy (non-hydrogen) atoms. The molecule has 4 nitrogen and oxygen atoms in total. The number of carbonyl (C=O) groups is 1. The number of halogens is 1. The van der Waals surface area contributed by atoms with E-state index in [2.05, 4.69) is 5.32 Å². The SMILES string of the molecule is CCOc1ccc(C(=O)Nc2cccc(Cl)c2OCC)cc1C. The fraction of sp³-hybridized carbons (Fsp3) is 0.278. The largest absolute Gasteiger partial charge is 0.494 e. The molecule has 2 aromatic rings. The predicted molar refractivity (Wildman–Crippen MR) is 92.9 cm³/mol. The van der Waals surface area contributed by atoms with Gasteiger partial charge in [0.1, 0.15) is 5.75 Å². The molecule has 0 saturated carbocycles. The monoisotopic (exact) mass is 333 g/mol. The van der Waals surface area contributed by atoms with Crippen molar-refractivity contribution in [2.45, 2.75) is 20.8 Å². The number of anilines is 1. The molecule has 1 N–H and O–H groups in total. The number of amides is 1. The number of hydrogen-bond acceptors (Lipinski definition) is 3. The van der Waals surface area contributed by atoms with Gasteiger partial charge in [-0.2, -0.15) is 0 Å². The molecule has 0 aliphatic carbocycles. The lowest BCUT2D eigenvalue weighted by Crippen LogP contribution is -2.13. The topological polar surface area (TPSA) is 47.6 Å². The second-order valence-electron chi connectivity index (χ2n) is 4.92. The van der Waals surface area contributed by atoms with E-state index in [0.29, 0.717) is 35.2 Å². The van der Waals surface area contributed by atoms with Gasteiger partial charge in [0.25, 0.3) is 5.91 Å². The minimum Gasteiger partial charge on any atom is -0.494 e. The van der Waals surface area contributed by atoms with Gasteiger partial charge < -0.3 is 14.8 Å². The summed E-state index contributed by atoms with van der Waals surface area (Å²) in [6.45, 7) is 6.76. The standard InChI is InChI=1S/C18H20ClNO3/c1-4-22-16-10-9-13(11-12(16)3)18(21)20-15-8-6-7-14(19)17(15)23-5-2/h6-11H,4-5H2,1-3H3,(H,20,21). The van der Waals surface area contributed by atoms with Gasteiger partial charge in [-0.3, -0.25) is 4.79 Å². The van der Waals surface area contributed by atoms with Crippen LogP contribution in [0.2, 0.25) is 5.02 Å².